The van der Waals surface area contributed by atoms with E-state index in [2.05, 4.69) is 48.5 Å². The molecule has 4 aromatic carbocycles. The standard InChI is InChI=1S/C21H16O/c1-2-12-4-5-14-10-15-11-19-18(22-19)9-8-16(15)17-7-6-13(3-1)20(12)21(14)17/h1-7,10,18-19H,8-9,11H2. The molecule has 2 aliphatic rings. The van der Waals surface area contributed by atoms with Crippen molar-refractivity contribution in [2.24, 2.45) is 0 Å². The molecule has 1 aliphatic carbocycles. The Morgan fingerprint density at radius 2 is 1.64 bits per heavy atom. The fraction of sp³-hybridized carbons (Fsp3) is 0.238. The van der Waals surface area contributed by atoms with E-state index < -0.39 is 0 Å². The van der Waals surface area contributed by atoms with Crippen molar-refractivity contribution in [1.29, 1.82) is 0 Å². The van der Waals surface area contributed by atoms with Crippen molar-refractivity contribution in [3.05, 3.63) is 59.7 Å². The van der Waals surface area contributed by atoms with Gasteiger partial charge in [-0.3, -0.25) is 0 Å². The molecule has 1 fully saturated rings. The molecule has 0 aromatic heterocycles. The zero-order valence-corrected chi connectivity index (χ0v) is 12.3. The molecular formula is C21H16O. The smallest absolute Gasteiger partial charge is 0.0882 e. The van der Waals surface area contributed by atoms with Crippen LogP contribution in [0, 0.1) is 0 Å². The number of rotatable bonds is 0. The van der Waals surface area contributed by atoms with Crippen molar-refractivity contribution in [1.82, 2.24) is 0 Å². The maximum atomic E-state index is 5.76. The second kappa shape index (κ2) is 3.80. The molecule has 0 saturated carbocycles. The number of benzene rings is 4. The van der Waals surface area contributed by atoms with Crippen molar-refractivity contribution in [2.75, 3.05) is 0 Å². The van der Waals surface area contributed by atoms with E-state index in [-0.39, 0.29) is 0 Å². The second-order valence-corrected chi connectivity index (χ2v) is 6.83. The number of aryl methyl sites for hydroxylation is 1. The van der Waals surface area contributed by atoms with E-state index in [1.165, 1.54) is 44.3 Å². The lowest BCUT2D eigenvalue weighted by atomic mass is 9.88. The van der Waals surface area contributed by atoms with Crippen LogP contribution >= 0.6 is 0 Å². The predicted octanol–water partition coefficient (Wildman–Crippen LogP) is 4.84. The molecular weight excluding hydrogens is 268 g/mol. The highest BCUT2D eigenvalue weighted by molar-refractivity contribution is 6.23. The van der Waals surface area contributed by atoms with Gasteiger partial charge in [0.2, 0.25) is 0 Å². The van der Waals surface area contributed by atoms with Crippen molar-refractivity contribution < 1.29 is 4.74 Å². The van der Waals surface area contributed by atoms with Crippen LogP contribution in [-0.2, 0) is 17.6 Å². The highest BCUT2D eigenvalue weighted by Gasteiger charge is 2.40. The Labute approximate surface area is 128 Å². The summed E-state index contributed by atoms with van der Waals surface area (Å²) in [6.07, 6.45) is 4.43. The molecule has 2 unspecified atom stereocenters. The Hall–Kier alpha value is -2.12. The van der Waals surface area contributed by atoms with E-state index in [1.54, 1.807) is 5.56 Å². The van der Waals surface area contributed by atoms with Crippen LogP contribution in [-0.4, -0.2) is 12.2 Å². The summed E-state index contributed by atoms with van der Waals surface area (Å²) in [7, 11) is 0. The summed E-state index contributed by atoms with van der Waals surface area (Å²) in [5.41, 5.74) is 3.08. The van der Waals surface area contributed by atoms with Gasteiger partial charge in [-0.05, 0) is 56.3 Å². The Morgan fingerprint density at radius 1 is 0.818 bits per heavy atom. The Morgan fingerprint density at radius 3 is 2.55 bits per heavy atom. The largest absolute Gasteiger partial charge is 0.369 e. The zero-order valence-electron chi connectivity index (χ0n) is 12.3. The first-order valence-electron chi connectivity index (χ1n) is 8.22. The molecule has 1 saturated heterocycles. The van der Waals surface area contributed by atoms with Gasteiger partial charge in [0.25, 0.3) is 0 Å². The van der Waals surface area contributed by atoms with Gasteiger partial charge >= 0.3 is 0 Å². The number of hydrogen-bond donors (Lipinski definition) is 0. The van der Waals surface area contributed by atoms with Gasteiger partial charge in [0.1, 0.15) is 0 Å². The maximum absolute atomic E-state index is 5.76. The molecule has 0 radical (unpaired) electrons. The van der Waals surface area contributed by atoms with Crippen LogP contribution in [0.5, 0.6) is 0 Å². The minimum Gasteiger partial charge on any atom is -0.369 e. The van der Waals surface area contributed by atoms with Crippen LogP contribution in [0.1, 0.15) is 17.5 Å². The average Bonchev–Trinajstić information content (AvgIpc) is 3.30. The Kier molecular flexibility index (Phi) is 1.97. The number of hydrogen-bond acceptors (Lipinski definition) is 1. The van der Waals surface area contributed by atoms with Gasteiger partial charge in [-0.25, -0.2) is 0 Å². The average molecular weight is 284 g/mol. The van der Waals surface area contributed by atoms with Crippen molar-refractivity contribution in [3.63, 3.8) is 0 Å². The molecule has 0 bridgehead atoms. The minimum atomic E-state index is 0.481. The predicted molar refractivity (Wildman–Crippen MR) is 90.8 cm³/mol. The fourth-order valence-electron chi connectivity index (χ4n) is 4.52. The van der Waals surface area contributed by atoms with Crippen molar-refractivity contribution in [2.45, 2.75) is 31.5 Å². The molecule has 1 aliphatic heterocycles. The normalized spacial score (nSPS) is 23.6. The Balaban J connectivity index is 1.81. The van der Waals surface area contributed by atoms with Gasteiger partial charge in [0.15, 0.2) is 0 Å². The van der Waals surface area contributed by atoms with Crippen LogP contribution < -0.4 is 0 Å². The van der Waals surface area contributed by atoms with Crippen LogP contribution in [0.25, 0.3) is 32.3 Å². The lowest BCUT2D eigenvalue weighted by molar-refractivity contribution is 0.358. The van der Waals surface area contributed by atoms with Gasteiger partial charge < -0.3 is 4.74 Å². The SMILES string of the molecule is c1cc2ccc3cc4c(c5ccc(c1)c2c35)CCC1OC1C4. The van der Waals surface area contributed by atoms with Gasteiger partial charge in [-0.2, -0.15) is 0 Å². The first-order chi connectivity index (χ1) is 10.9. The van der Waals surface area contributed by atoms with E-state index in [9.17, 15) is 0 Å². The topological polar surface area (TPSA) is 12.5 Å². The summed E-state index contributed by atoms with van der Waals surface area (Å²) in [6, 6.07) is 18.3. The van der Waals surface area contributed by atoms with Crippen LogP contribution in [0.15, 0.2) is 48.5 Å². The monoisotopic (exact) mass is 284 g/mol. The van der Waals surface area contributed by atoms with Gasteiger partial charge in [-0.1, -0.05) is 48.5 Å². The second-order valence-electron chi connectivity index (χ2n) is 6.83. The van der Waals surface area contributed by atoms with Gasteiger partial charge in [0, 0.05) is 6.42 Å². The molecule has 1 heteroatoms. The molecule has 1 nitrogen and oxygen atoms in total. The third kappa shape index (κ3) is 1.37. The third-order valence-electron chi connectivity index (χ3n) is 5.64. The molecule has 1 heterocycles. The van der Waals surface area contributed by atoms with E-state index in [1.807, 2.05) is 0 Å². The molecule has 0 spiro atoms. The van der Waals surface area contributed by atoms with Crippen LogP contribution in [0.2, 0.25) is 0 Å². The van der Waals surface area contributed by atoms with Crippen molar-refractivity contribution in [3.8, 4) is 0 Å². The van der Waals surface area contributed by atoms with Gasteiger partial charge in [0.05, 0.1) is 12.2 Å². The first-order valence-corrected chi connectivity index (χ1v) is 8.22. The highest BCUT2D eigenvalue weighted by Crippen LogP contribution is 2.42. The minimum absolute atomic E-state index is 0.481. The highest BCUT2D eigenvalue weighted by atomic mass is 16.6. The fourth-order valence-corrected chi connectivity index (χ4v) is 4.52. The summed E-state index contributed by atoms with van der Waals surface area (Å²) in [4.78, 5) is 0. The third-order valence-corrected chi connectivity index (χ3v) is 5.64. The molecule has 6 rings (SSSR count). The maximum Gasteiger partial charge on any atom is 0.0882 e. The molecule has 106 valence electrons. The summed E-state index contributed by atoms with van der Waals surface area (Å²) >= 11 is 0. The zero-order chi connectivity index (χ0) is 14.3. The van der Waals surface area contributed by atoms with E-state index in [0.717, 1.165) is 12.8 Å². The summed E-state index contributed by atoms with van der Waals surface area (Å²) in [5.74, 6) is 0. The quantitative estimate of drug-likeness (QED) is 0.332. The first kappa shape index (κ1) is 11.4. The summed E-state index contributed by atoms with van der Waals surface area (Å²) in [5, 5.41) is 8.47. The Bertz CT molecular complexity index is 1030. The molecule has 0 N–H and O–H groups in total. The lowest BCUT2D eigenvalue weighted by Crippen LogP contribution is -1.98. The molecule has 4 aromatic rings. The molecule has 0 amide bonds. The van der Waals surface area contributed by atoms with Gasteiger partial charge in [-0.15, -0.1) is 0 Å². The van der Waals surface area contributed by atoms with Crippen molar-refractivity contribution >= 4 is 32.3 Å². The summed E-state index contributed by atoms with van der Waals surface area (Å²) in [6.45, 7) is 0. The van der Waals surface area contributed by atoms with Crippen LogP contribution in [0.4, 0.5) is 0 Å². The van der Waals surface area contributed by atoms with E-state index >= 15 is 0 Å². The molecule has 22 heavy (non-hydrogen) atoms. The van der Waals surface area contributed by atoms with Crippen LogP contribution in [0.3, 0.4) is 0 Å². The number of ether oxygens (including phenoxy) is 1. The van der Waals surface area contributed by atoms with E-state index in [0.29, 0.717) is 12.2 Å². The number of fused-ring (bicyclic) bond motifs is 3. The summed E-state index contributed by atoms with van der Waals surface area (Å²) < 4.78 is 5.76. The van der Waals surface area contributed by atoms with E-state index in [4.69, 9.17) is 4.74 Å². The number of epoxide rings is 1. The lowest BCUT2D eigenvalue weighted by Gasteiger charge is -2.16. The molecule has 2 atom stereocenters.